The molecule has 1 heterocycles. The molecule has 1 unspecified atom stereocenters. The maximum Gasteiger partial charge on any atom is 0.0218 e. The molecular formula is C15H32N2S. The molecule has 0 spiro atoms. The first-order valence-electron chi connectivity index (χ1n) is 7.64. The SMILES string of the molecule is CCC1(CC)CCN(C(CN)CCCSC)CC1. The Kier molecular flexibility index (Phi) is 7.66. The van der Waals surface area contributed by atoms with E-state index in [1.807, 2.05) is 11.8 Å². The van der Waals surface area contributed by atoms with E-state index < -0.39 is 0 Å². The van der Waals surface area contributed by atoms with Gasteiger partial charge < -0.3 is 5.73 Å². The zero-order valence-corrected chi connectivity index (χ0v) is 13.4. The van der Waals surface area contributed by atoms with Gasteiger partial charge in [-0.05, 0) is 56.2 Å². The van der Waals surface area contributed by atoms with Crippen LogP contribution in [0.25, 0.3) is 0 Å². The zero-order chi connectivity index (χ0) is 13.4. The van der Waals surface area contributed by atoms with Crippen LogP contribution >= 0.6 is 11.8 Å². The van der Waals surface area contributed by atoms with E-state index in [-0.39, 0.29) is 0 Å². The summed E-state index contributed by atoms with van der Waals surface area (Å²) in [6.07, 6.45) is 10.2. The Morgan fingerprint density at radius 1 is 1.22 bits per heavy atom. The molecule has 0 amide bonds. The molecule has 18 heavy (non-hydrogen) atoms. The molecule has 0 aromatic carbocycles. The van der Waals surface area contributed by atoms with E-state index in [0.29, 0.717) is 11.5 Å². The van der Waals surface area contributed by atoms with Gasteiger partial charge in [-0.3, -0.25) is 4.90 Å². The summed E-state index contributed by atoms with van der Waals surface area (Å²) >= 11 is 1.95. The second-order valence-corrected chi connectivity index (χ2v) is 6.75. The Morgan fingerprint density at radius 3 is 2.28 bits per heavy atom. The average molecular weight is 273 g/mol. The van der Waals surface area contributed by atoms with Crippen molar-refractivity contribution in [3.05, 3.63) is 0 Å². The number of nitrogens with zero attached hydrogens (tertiary/aromatic N) is 1. The van der Waals surface area contributed by atoms with E-state index in [4.69, 9.17) is 5.73 Å². The molecule has 1 fully saturated rings. The number of likely N-dealkylation sites (tertiary alicyclic amines) is 1. The second-order valence-electron chi connectivity index (χ2n) is 5.77. The van der Waals surface area contributed by atoms with Crippen LogP contribution in [0.4, 0.5) is 0 Å². The summed E-state index contributed by atoms with van der Waals surface area (Å²) in [5.74, 6) is 1.28. The van der Waals surface area contributed by atoms with Crippen LogP contribution in [0.15, 0.2) is 0 Å². The van der Waals surface area contributed by atoms with Crippen molar-refractivity contribution >= 4 is 11.8 Å². The van der Waals surface area contributed by atoms with Gasteiger partial charge in [-0.2, -0.15) is 11.8 Å². The molecule has 1 saturated heterocycles. The largest absolute Gasteiger partial charge is 0.329 e. The number of nitrogens with two attached hydrogens (primary N) is 1. The number of hydrogen-bond acceptors (Lipinski definition) is 3. The van der Waals surface area contributed by atoms with Crippen molar-refractivity contribution < 1.29 is 0 Å². The molecule has 0 radical (unpaired) electrons. The molecule has 0 aliphatic carbocycles. The second kappa shape index (κ2) is 8.44. The summed E-state index contributed by atoms with van der Waals surface area (Å²) in [5.41, 5.74) is 6.60. The monoisotopic (exact) mass is 272 g/mol. The molecule has 2 nitrogen and oxygen atoms in total. The normalized spacial score (nSPS) is 22.0. The van der Waals surface area contributed by atoms with Crippen LogP contribution in [0.2, 0.25) is 0 Å². The van der Waals surface area contributed by atoms with Crippen LogP contribution in [0, 0.1) is 5.41 Å². The van der Waals surface area contributed by atoms with Gasteiger partial charge in [0.2, 0.25) is 0 Å². The first-order valence-corrected chi connectivity index (χ1v) is 9.03. The fraction of sp³-hybridized carbons (Fsp3) is 1.00. The number of rotatable bonds is 8. The Labute approximate surface area is 118 Å². The first kappa shape index (κ1) is 16.3. The highest BCUT2D eigenvalue weighted by Gasteiger charge is 2.32. The van der Waals surface area contributed by atoms with Gasteiger partial charge in [0.25, 0.3) is 0 Å². The van der Waals surface area contributed by atoms with Gasteiger partial charge in [0.1, 0.15) is 0 Å². The third-order valence-electron chi connectivity index (χ3n) is 5.03. The quantitative estimate of drug-likeness (QED) is 0.687. The lowest BCUT2D eigenvalue weighted by Crippen LogP contribution is -2.47. The smallest absolute Gasteiger partial charge is 0.0218 e. The molecule has 1 rings (SSSR count). The highest BCUT2D eigenvalue weighted by Crippen LogP contribution is 2.38. The number of piperidine rings is 1. The summed E-state index contributed by atoms with van der Waals surface area (Å²) < 4.78 is 0. The van der Waals surface area contributed by atoms with Crippen molar-refractivity contribution in [2.45, 2.75) is 58.4 Å². The van der Waals surface area contributed by atoms with Gasteiger partial charge in [0.15, 0.2) is 0 Å². The standard InChI is InChI=1S/C15H32N2S/c1-4-15(5-2)8-10-17(11-9-15)14(13-16)7-6-12-18-3/h14H,4-13,16H2,1-3H3. The Balaban J connectivity index is 2.39. The van der Waals surface area contributed by atoms with Crippen LogP contribution in [0.1, 0.15) is 52.4 Å². The summed E-state index contributed by atoms with van der Waals surface area (Å²) in [6, 6.07) is 0.629. The van der Waals surface area contributed by atoms with Crippen LogP contribution in [-0.2, 0) is 0 Å². The van der Waals surface area contributed by atoms with E-state index >= 15 is 0 Å². The number of hydrogen-bond donors (Lipinski definition) is 1. The van der Waals surface area contributed by atoms with Gasteiger partial charge in [-0.15, -0.1) is 0 Å². The molecule has 0 bridgehead atoms. The Hall–Kier alpha value is 0.270. The molecule has 0 saturated carbocycles. The predicted octanol–water partition coefficient (Wildman–Crippen LogP) is 3.36. The molecule has 0 aromatic rings. The van der Waals surface area contributed by atoms with E-state index in [1.165, 1.54) is 57.4 Å². The van der Waals surface area contributed by atoms with Crippen molar-refractivity contribution in [1.82, 2.24) is 4.90 Å². The number of thioether (sulfide) groups is 1. The summed E-state index contributed by atoms with van der Waals surface area (Å²) in [6.45, 7) is 8.08. The van der Waals surface area contributed by atoms with Crippen molar-refractivity contribution in [3.63, 3.8) is 0 Å². The van der Waals surface area contributed by atoms with Crippen LogP contribution in [0.3, 0.4) is 0 Å². The minimum Gasteiger partial charge on any atom is -0.329 e. The molecular weight excluding hydrogens is 240 g/mol. The maximum absolute atomic E-state index is 5.97. The average Bonchev–Trinajstić information content (AvgIpc) is 2.44. The van der Waals surface area contributed by atoms with E-state index in [1.54, 1.807) is 0 Å². The van der Waals surface area contributed by atoms with Crippen molar-refractivity contribution in [2.75, 3.05) is 31.6 Å². The molecule has 3 heteroatoms. The van der Waals surface area contributed by atoms with Gasteiger partial charge in [-0.1, -0.05) is 26.7 Å². The minimum absolute atomic E-state index is 0.629. The fourth-order valence-corrected chi connectivity index (χ4v) is 3.69. The molecule has 1 aliphatic rings. The van der Waals surface area contributed by atoms with E-state index in [0.717, 1.165) is 6.54 Å². The fourth-order valence-electron chi connectivity index (χ4n) is 3.23. The van der Waals surface area contributed by atoms with Gasteiger partial charge in [0, 0.05) is 12.6 Å². The zero-order valence-electron chi connectivity index (χ0n) is 12.6. The molecule has 108 valence electrons. The van der Waals surface area contributed by atoms with Crippen molar-refractivity contribution in [2.24, 2.45) is 11.1 Å². The summed E-state index contributed by atoms with van der Waals surface area (Å²) in [5, 5.41) is 0. The van der Waals surface area contributed by atoms with Gasteiger partial charge in [0.05, 0.1) is 0 Å². The topological polar surface area (TPSA) is 29.3 Å². The molecule has 0 aromatic heterocycles. The third-order valence-corrected chi connectivity index (χ3v) is 5.73. The van der Waals surface area contributed by atoms with Gasteiger partial charge >= 0.3 is 0 Å². The van der Waals surface area contributed by atoms with Gasteiger partial charge in [-0.25, -0.2) is 0 Å². The predicted molar refractivity (Wildman–Crippen MR) is 84.3 cm³/mol. The lowest BCUT2D eigenvalue weighted by Gasteiger charge is -2.44. The minimum atomic E-state index is 0.629. The van der Waals surface area contributed by atoms with Crippen LogP contribution in [-0.4, -0.2) is 42.6 Å². The lowest BCUT2D eigenvalue weighted by molar-refractivity contribution is 0.0654. The highest BCUT2D eigenvalue weighted by molar-refractivity contribution is 7.98. The van der Waals surface area contributed by atoms with Crippen molar-refractivity contribution in [3.8, 4) is 0 Å². The van der Waals surface area contributed by atoms with Crippen molar-refractivity contribution in [1.29, 1.82) is 0 Å². The van der Waals surface area contributed by atoms with Crippen LogP contribution < -0.4 is 5.73 Å². The summed E-state index contributed by atoms with van der Waals surface area (Å²) in [4.78, 5) is 2.66. The Morgan fingerprint density at radius 2 is 1.83 bits per heavy atom. The third kappa shape index (κ3) is 4.43. The van der Waals surface area contributed by atoms with E-state index in [9.17, 15) is 0 Å². The molecule has 2 N–H and O–H groups in total. The maximum atomic E-state index is 5.97. The first-order chi connectivity index (χ1) is 8.71. The summed E-state index contributed by atoms with van der Waals surface area (Å²) in [7, 11) is 0. The van der Waals surface area contributed by atoms with Crippen LogP contribution in [0.5, 0.6) is 0 Å². The molecule has 1 atom stereocenters. The Bertz CT molecular complexity index is 207. The highest BCUT2D eigenvalue weighted by atomic mass is 32.2. The van der Waals surface area contributed by atoms with E-state index in [2.05, 4.69) is 25.0 Å². The lowest BCUT2D eigenvalue weighted by atomic mass is 9.74. The molecule has 1 aliphatic heterocycles.